The fraction of sp³-hybridized carbons (Fsp3) is 0. The average Bonchev–Trinajstić information content (AvgIpc) is 3.95. The molecular formula is C51H30N4O2. The van der Waals surface area contributed by atoms with Crippen LogP contribution in [0.5, 0.6) is 0 Å². The standard InChI is InChI=1S/C51H30N4O2/c1-3-12-31(13-4-1)33-22-25-38-39-26-23-34(29-46(39)56-45(38)28-33)50-52-49(32-14-5-2-6-15-32)53-51(54-50)35-24-27-40-41-18-11-21-44(48(41)57-47(40)30-35)55-42-19-9-7-16-36(42)37-17-8-10-20-43(37)55/h1-30H. The van der Waals surface area contributed by atoms with Crippen molar-refractivity contribution in [2.75, 3.05) is 0 Å². The Morgan fingerprint density at radius 1 is 0.316 bits per heavy atom. The van der Waals surface area contributed by atoms with E-state index in [1.54, 1.807) is 0 Å². The zero-order valence-electron chi connectivity index (χ0n) is 30.4. The van der Waals surface area contributed by atoms with Crippen LogP contribution in [-0.2, 0) is 0 Å². The van der Waals surface area contributed by atoms with Gasteiger partial charge in [-0.2, -0.15) is 0 Å². The van der Waals surface area contributed by atoms with Gasteiger partial charge in [0, 0.05) is 49.0 Å². The fourth-order valence-electron chi connectivity index (χ4n) is 8.36. The van der Waals surface area contributed by atoms with Crippen molar-refractivity contribution in [3.05, 3.63) is 182 Å². The van der Waals surface area contributed by atoms with E-state index < -0.39 is 0 Å². The molecule has 8 aromatic carbocycles. The lowest BCUT2D eigenvalue weighted by molar-refractivity contribution is 0.666. The van der Waals surface area contributed by atoms with Gasteiger partial charge in [-0.1, -0.05) is 127 Å². The number of furan rings is 2. The summed E-state index contributed by atoms with van der Waals surface area (Å²) in [5, 5.41) is 6.60. The second-order valence-corrected chi connectivity index (χ2v) is 14.4. The number of benzene rings is 8. The van der Waals surface area contributed by atoms with Crippen molar-refractivity contribution in [2.45, 2.75) is 0 Å². The van der Waals surface area contributed by atoms with Crippen molar-refractivity contribution in [2.24, 2.45) is 0 Å². The minimum atomic E-state index is 0.557. The van der Waals surface area contributed by atoms with Crippen LogP contribution in [0, 0.1) is 0 Å². The maximum Gasteiger partial charge on any atom is 0.164 e. The highest BCUT2D eigenvalue weighted by Gasteiger charge is 2.20. The van der Waals surface area contributed by atoms with E-state index in [2.05, 4.69) is 138 Å². The van der Waals surface area contributed by atoms with Crippen molar-refractivity contribution in [1.82, 2.24) is 19.5 Å². The summed E-state index contributed by atoms with van der Waals surface area (Å²) < 4.78 is 15.6. The molecule has 0 aliphatic carbocycles. The molecule has 0 saturated heterocycles. The van der Waals surface area contributed by atoms with Crippen LogP contribution in [0.2, 0.25) is 0 Å². The smallest absolute Gasteiger partial charge is 0.164 e. The molecule has 0 atom stereocenters. The molecule has 6 nitrogen and oxygen atoms in total. The molecule has 0 unspecified atom stereocenters. The molecule has 12 rings (SSSR count). The molecule has 12 aromatic rings. The molecule has 266 valence electrons. The molecule has 0 aliphatic heterocycles. The summed E-state index contributed by atoms with van der Waals surface area (Å²) in [7, 11) is 0. The number of nitrogens with zero attached hydrogens (tertiary/aromatic N) is 4. The molecule has 0 aliphatic rings. The monoisotopic (exact) mass is 730 g/mol. The van der Waals surface area contributed by atoms with Gasteiger partial charge in [0.25, 0.3) is 0 Å². The molecule has 57 heavy (non-hydrogen) atoms. The average molecular weight is 731 g/mol. The summed E-state index contributed by atoms with van der Waals surface area (Å²) in [5.74, 6) is 1.71. The Morgan fingerprint density at radius 3 is 1.39 bits per heavy atom. The van der Waals surface area contributed by atoms with Gasteiger partial charge in [0.05, 0.1) is 16.7 Å². The second-order valence-electron chi connectivity index (χ2n) is 14.4. The van der Waals surface area contributed by atoms with Gasteiger partial charge >= 0.3 is 0 Å². The number of rotatable bonds is 5. The third kappa shape index (κ3) is 5.01. The van der Waals surface area contributed by atoms with Crippen molar-refractivity contribution in [3.63, 3.8) is 0 Å². The Balaban J connectivity index is 1.000. The molecule has 0 radical (unpaired) electrons. The predicted molar refractivity (Wildman–Crippen MR) is 230 cm³/mol. The first-order chi connectivity index (χ1) is 28.2. The third-order valence-electron chi connectivity index (χ3n) is 11.1. The minimum Gasteiger partial charge on any atom is -0.456 e. The molecule has 0 N–H and O–H groups in total. The first-order valence-corrected chi connectivity index (χ1v) is 19.0. The van der Waals surface area contributed by atoms with Crippen molar-refractivity contribution in [3.8, 4) is 51.0 Å². The van der Waals surface area contributed by atoms with Crippen molar-refractivity contribution >= 4 is 65.7 Å². The van der Waals surface area contributed by atoms with Crippen molar-refractivity contribution < 1.29 is 8.83 Å². The second kappa shape index (κ2) is 12.3. The van der Waals surface area contributed by atoms with Gasteiger partial charge in [0.1, 0.15) is 16.7 Å². The highest BCUT2D eigenvalue weighted by molar-refractivity contribution is 6.13. The molecule has 4 heterocycles. The van der Waals surface area contributed by atoms with E-state index in [0.29, 0.717) is 17.5 Å². The third-order valence-corrected chi connectivity index (χ3v) is 11.1. The summed E-state index contributed by atoms with van der Waals surface area (Å²) in [4.78, 5) is 15.1. The summed E-state index contributed by atoms with van der Waals surface area (Å²) in [6, 6.07) is 62.7. The van der Waals surface area contributed by atoms with Gasteiger partial charge in [0.2, 0.25) is 0 Å². The van der Waals surface area contributed by atoms with E-state index >= 15 is 0 Å². The van der Waals surface area contributed by atoms with Gasteiger partial charge in [0.15, 0.2) is 23.1 Å². The van der Waals surface area contributed by atoms with Crippen LogP contribution in [0.3, 0.4) is 0 Å². The number of fused-ring (bicyclic) bond motifs is 9. The first kappa shape index (κ1) is 31.5. The van der Waals surface area contributed by atoms with E-state index in [1.165, 1.54) is 10.8 Å². The Labute approximate surface area is 325 Å². The zero-order chi connectivity index (χ0) is 37.5. The Bertz CT molecular complexity index is 3470. The number of hydrogen-bond donors (Lipinski definition) is 0. The van der Waals surface area contributed by atoms with Crippen molar-refractivity contribution in [1.29, 1.82) is 0 Å². The normalized spacial score (nSPS) is 11.9. The summed E-state index contributed by atoms with van der Waals surface area (Å²) in [5.41, 5.74) is 11.3. The van der Waals surface area contributed by atoms with E-state index in [-0.39, 0.29) is 0 Å². The molecule has 0 bridgehead atoms. The highest BCUT2D eigenvalue weighted by atomic mass is 16.3. The lowest BCUT2D eigenvalue weighted by atomic mass is 10.0. The highest BCUT2D eigenvalue weighted by Crippen LogP contribution is 2.40. The largest absolute Gasteiger partial charge is 0.456 e. The van der Waals surface area contributed by atoms with Gasteiger partial charge in [-0.15, -0.1) is 0 Å². The number of hydrogen-bond acceptors (Lipinski definition) is 5. The summed E-state index contributed by atoms with van der Waals surface area (Å²) in [6.07, 6.45) is 0. The molecule has 0 amide bonds. The number of aromatic nitrogens is 4. The van der Waals surface area contributed by atoms with Gasteiger partial charge in [-0.25, -0.2) is 15.0 Å². The minimum absolute atomic E-state index is 0.557. The topological polar surface area (TPSA) is 69.9 Å². The van der Waals surface area contributed by atoms with Crippen LogP contribution < -0.4 is 0 Å². The Morgan fingerprint density at radius 2 is 0.772 bits per heavy atom. The molecule has 6 heteroatoms. The van der Waals surface area contributed by atoms with E-state index in [9.17, 15) is 0 Å². The molecular weight excluding hydrogens is 701 g/mol. The summed E-state index contributed by atoms with van der Waals surface area (Å²) >= 11 is 0. The molecule has 0 spiro atoms. The zero-order valence-corrected chi connectivity index (χ0v) is 30.4. The summed E-state index contributed by atoms with van der Waals surface area (Å²) in [6.45, 7) is 0. The fourth-order valence-corrected chi connectivity index (χ4v) is 8.36. The molecule has 0 saturated carbocycles. The van der Waals surface area contributed by atoms with Crippen LogP contribution in [-0.4, -0.2) is 19.5 Å². The Kier molecular flexibility index (Phi) is 6.83. The van der Waals surface area contributed by atoms with Gasteiger partial charge in [-0.3, -0.25) is 0 Å². The van der Waals surface area contributed by atoms with Crippen LogP contribution in [0.4, 0.5) is 0 Å². The van der Waals surface area contributed by atoms with Crippen LogP contribution in [0.25, 0.3) is 117 Å². The number of para-hydroxylation sites is 3. The van der Waals surface area contributed by atoms with Gasteiger partial charge < -0.3 is 13.4 Å². The molecule has 0 fully saturated rings. The lowest BCUT2D eigenvalue weighted by Gasteiger charge is -2.08. The Hall–Kier alpha value is -7.83. The van der Waals surface area contributed by atoms with E-state index in [4.69, 9.17) is 23.8 Å². The van der Waals surface area contributed by atoms with Crippen LogP contribution >= 0.6 is 0 Å². The van der Waals surface area contributed by atoms with E-state index in [0.717, 1.165) is 88.4 Å². The first-order valence-electron chi connectivity index (χ1n) is 19.0. The van der Waals surface area contributed by atoms with E-state index in [1.807, 2.05) is 48.5 Å². The van der Waals surface area contributed by atoms with Gasteiger partial charge in [-0.05, 0) is 65.7 Å². The predicted octanol–water partition coefficient (Wildman–Crippen LogP) is 13.4. The lowest BCUT2D eigenvalue weighted by Crippen LogP contribution is -2.00. The van der Waals surface area contributed by atoms with Crippen LogP contribution in [0.1, 0.15) is 0 Å². The maximum absolute atomic E-state index is 6.81. The molecule has 4 aromatic heterocycles. The SMILES string of the molecule is c1ccc(-c2ccc3c(c2)oc2cc(-c4nc(-c5ccccc5)nc(-c5ccc6c(c5)oc5c(-n7c8ccccc8c8ccccc87)cccc56)n4)ccc23)cc1. The van der Waals surface area contributed by atoms with Crippen LogP contribution in [0.15, 0.2) is 191 Å². The quantitative estimate of drug-likeness (QED) is 0.176. The maximum atomic E-state index is 6.81.